The number of nitrogens with one attached hydrogen (secondary N) is 1. The molecule has 0 aromatic carbocycles. The monoisotopic (exact) mass is 222 g/mol. The average molecular weight is 222 g/mol. The van der Waals surface area contributed by atoms with Crippen molar-refractivity contribution < 1.29 is 0 Å². The van der Waals surface area contributed by atoms with Gasteiger partial charge >= 0.3 is 0 Å². The summed E-state index contributed by atoms with van der Waals surface area (Å²) in [5.74, 6) is 0. The SMILES string of the molecule is C=C/C(C)=C\C=C(/C)N(C)CCNCCC. The Hall–Kier alpha value is -1.02. The fourth-order valence-corrected chi connectivity index (χ4v) is 1.17. The molecule has 2 nitrogen and oxygen atoms in total. The van der Waals surface area contributed by atoms with E-state index in [0.29, 0.717) is 0 Å². The Labute approximate surface area is 101 Å². The van der Waals surface area contributed by atoms with Crippen molar-refractivity contribution in [2.45, 2.75) is 27.2 Å². The molecule has 0 radical (unpaired) electrons. The standard InChI is InChI=1S/C14H26N2/c1-6-10-15-11-12-16(5)14(4)9-8-13(3)7-2/h7-9,15H,2,6,10-12H2,1,3-5H3/b13-8-,14-9+. The van der Waals surface area contributed by atoms with Gasteiger partial charge in [-0.05, 0) is 32.9 Å². The minimum atomic E-state index is 1.04. The maximum Gasteiger partial charge on any atom is 0.0296 e. The van der Waals surface area contributed by atoms with Crippen molar-refractivity contribution in [1.82, 2.24) is 10.2 Å². The highest BCUT2D eigenvalue weighted by Gasteiger charge is 1.96. The molecular weight excluding hydrogens is 196 g/mol. The third kappa shape index (κ3) is 7.30. The molecule has 0 aliphatic heterocycles. The highest BCUT2D eigenvalue weighted by Crippen LogP contribution is 2.02. The van der Waals surface area contributed by atoms with Crippen molar-refractivity contribution in [3.63, 3.8) is 0 Å². The topological polar surface area (TPSA) is 15.3 Å². The fourth-order valence-electron chi connectivity index (χ4n) is 1.17. The molecule has 0 spiro atoms. The largest absolute Gasteiger partial charge is 0.377 e. The second-order valence-electron chi connectivity index (χ2n) is 4.09. The normalized spacial score (nSPS) is 12.8. The Morgan fingerprint density at radius 2 is 1.94 bits per heavy atom. The zero-order chi connectivity index (χ0) is 12.4. The van der Waals surface area contributed by atoms with Gasteiger partial charge < -0.3 is 10.2 Å². The van der Waals surface area contributed by atoms with Gasteiger partial charge in [0.1, 0.15) is 0 Å². The number of likely N-dealkylation sites (N-methyl/N-ethyl adjacent to an activating group) is 1. The van der Waals surface area contributed by atoms with Gasteiger partial charge in [-0.3, -0.25) is 0 Å². The Morgan fingerprint density at radius 3 is 2.50 bits per heavy atom. The zero-order valence-corrected chi connectivity index (χ0v) is 11.2. The fraction of sp³-hybridized carbons (Fsp3) is 0.571. The lowest BCUT2D eigenvalue weighted by molar-refractivity contribution is 0.409. The van der Waals surface area contributed by atoms with Crippen molar-refractivity contribution >= 4 is 0 Å². The molecular formula is C14H26N2. The lowest BCUT2D eigenvalue weighted by Gasteiger charge is -2.19. The highest BCUT2D eigenvalue weighted by atomic mass is 15.1. The maximum absolute atomic E-state index is 3.73. The van der Waals surface area contributed by atoms with Crippen molar-refractivity contribution in [3.8, 4) is 0 Å². The molecule has 16 heavy (non-hydrogen) atoms. The average Bonchev–Trinajstić information content (AvgIpc) is 2.30. The van der Waals surface area contributed by atoms with Crippen molar-refractivity contribution in [2.24, 2.45) is 0 Å². The zero-order valence-electron chi connectivity index (χ0n) is 11.2. The molecule has 2 heteroatoms. The van der Waals surface area contributed by atoms with E-state index in [1.165, 1.54) is 17.7 Å². The third-order valence-electron chi connectivity index (χ3n) is 2.56. The van der Waals surface area contributed by atoms with E-state index >= 15 is 0 Å². The second-order valence-corrected chi connectivity index (χ2v) is 4.09. The van der Waals surface area contributed by atoms with Crippen LogP contribution in [0.5, 0.6) is 0 Å². The number of hydrogen-bond donors (Lipinski definition) is 1. The first-order valence-electron chi connectivity index (χ1n) is 6.01. The first-order valence-corrected chi connectivity index (χ1v) is 6.01. The quantitative estimate of drug-likeness (QED) is 0.502. The molecule has 0 amide bonds. The molecule has 0 fully saturated rings. The number of allylic oxidation sites excluding steroid dienone is 5. The van der Waals surface area contributed by atoms with E-state index < -0.39 is 0 Å². The Bertz CT molecular complexity index is 251. The Balaban J connectivity index is 3.97. The highest BCUT2D eigenvalue weighted by molar-refractivity contribution is 5.21. The molecule has 0 aliphatic rings. The summed E-state index contributed by atoms with van der Waals surface area (Å²) < 4.78 is 0. The Kier molecular flexibility index (Phi) is 8.64. The van der Waals surface area contributed by atoms with Gasteiger partial charge in [0.15, 0.2) is 0 Å². The predicted octanol–water partition coefficient (Wildman–Crippen LogP) is 2.95. The summed E-state index contributed by atoms with van der Waals surface area (Å²) >= 11 is 0. The molecule has 0 bridgehead atoms. The maximum atomic E-state index is 3.73. The molecule has 0 atom stereocenters. The van der Waals surface area contributed by atoms with E-state index in [9.17, 15) is 0 Å². The van der Waals surface area contributed by atoms with E-state index in [-0.39, 0.29) is 0 Å². The summed E-state index contributed by atoms with van der Waals surface area (Å²) in [6, 6.07) is 0. The van der Waals surface area contributed by atoms with Crippen LogP contribution in [0.15, 0.2) is 36.1 Å². The first-order chi connectivity index (χ1) is 7.61. The van der Waals surface area contributed by atoms with Crippen LogP contribution in [-0.2, 0) is 0 Å². The van der Waals surface area contributed by atoms with Gasteiger partial charge in [0.05, 0.1) is 0 Å². The lowest BCUT2D eigenvalue weighted by atomic mass is 10.2. The minimum Gasteiger partial charge on any atom is -0.377 e. The molecule has 1 N–H and O–H groups in total. The van der Waals surface area contributed by atoms with E-state index in [0.717, 1.165) is 19.6 Å². The molecule has 0 aromatic heterocycles. The van der Waals surface area contributed by atoms with Crippen LogP contribution < -0.4 is 5.32 Å². The van der Waals surface area contributed by atoms with Gasteiger partial charge in [-0.2, -0.15) is 0 Å². The van der Waals surface area contributed by atoms with Gasteiger partial charge in [-0.15, -0.1) is 0 Å². The number of rotatable bonds is 8. The Morgan fingerprint density at radius 1 is 1.25 bits per heavy atom. The molecule has 0 unspecified atom stereocenters. The summed E-state index contributed by atoms with van der Waals surface area (Å²) in [6.45, 7) is 13.3. The smallest absolute Gasteiger partial charge is 0.0296 e. The third-order valence-corrected chi connectivity index (χ3v) is 2.56. The summed E-state index contributed by atoms with van der Waals surface area (Å²) in [6.07, 6.45) is 7.29. The van der Waals surface area contributed by atoms with Gasteiger partial charge in [0.25, 0.3) is 0 Å². The van der Waals surface area contributed by atoms with Crippen LogP contribution >= 0.6 is 0 Å². The van der Waals surface area contributed by atoms with Crippen molar-refractivity contribution in [2.75, 3.05) is 26.7 Å². The second kappa shape index (κ2) is 9.22. The van der Waals surface area contributed by atoms with Gasteiger partial charge in [0.2, 0.25) is 0 Å². The van der Waals surface area contributed by atoms with Gasteiger partial charge in [-0.25, -0.2) is 0 Å². The van der Waals surface area contributed by atoms with Gasteiger partial charge in [0, 0.05) is 25.8 Å². The van der Waals surface area contributed by atoms with E-state index in [2.05, 4.69) is 56.8 Å². The summed E-state index contributed by atoms with van der Waals surface area (Å²) in [4.78, 5) is 2.26. The predicted molar refractivity (Wildman–Crippen MR) is 73.5 cm³/mol. The van der Waals surface area contributed by atoms with Gasteiger partial charge in [-0.1, -0.05) is 31.2 Å². The van der Waals surface area contributed by atoms with E-state index in [1.54, 1.807) is 0 Å². The van der Waals surface area contributed by atoms with Crippen LogP contribution in [0.3, 0.4) is 0 Å². The summed E-state index contributed by atoms with van der Waals surface area (Å²) in [7, 11) is 2.12. The number of nitrogens with zero attached hydrogens (tertiary/aromatic N) is 1. The van der Waals surface area contributed by atoms with Crippen LogP contribution in [-0.4, -0.2) is 31.6 Å². The van der Waals surface area contributed by atoms with E-state index in [4.69, 9.17) is 0 Å². The van der Waals surface area contributed by atoms with E-state index in [1.807, 2.05) is 6.08 Å². The van der Waals surface area contributed by atoms with Crippen LogP contribution in [0.1, 0.15) is 27.2 Å². The molecule has 0 aromatic rings. The van der Waals surface area contributed by atoms with Crippen molar-refractivity contribution in [3.05, 3.63) is 36.1 Å². The summed E-state index contributed by atoms with van der Waals surface area (Å²) in [5, 5.41) is 3.40. The number of hydrogen-bond acceptors (Lipinski definition) is 2. The molecule has 0 heterocycles. The summed E-state index contributed by atoms with van der Waals surface area (Å²) in [5.41, 5.74) is 2.47. The molecule has 0 rings (SSSR count). The first kappa shape index (κ1) is 15.0. The molecule has 0 saturated heterocycles. The molecule has 92 valence electrons. The van der Waals surface area contributed by atoms with Crippen LogP contribution in [0.25, 0.3) is 0 Å². The van der Waals surface area contributed by atoms with Crippen molar-refractivity contribution in [1.29, 1.82) is 0 Å². The minimum absolute atomic E-state index is 1.04. The van der Waals surface area contributed by atoms with Crippen LogP contribution in [0.4, 0.5) is 0 Å². The molecule has 0 aliphatic carbocycles. The molecule has 0 saturated carbocycles. The van der Waals surface area contributed by atoms with Crippen LogP contribution in [0.2, 0.25) is 0 Å². The van der Waals surface area contributed by atoms with Crippen LogP contribution in [0, 0.1) is 0 Å². The lowest BCUT2D eigenvalue weighted by Crippen LogP contribution is -2.28.